The highest BCUT2D eigenvalue weighted by atomic mass is 16.3. The first kappa shape index (κ1) is 13.6. The van der Waals surface area contributed by atoms with Crippen LogP contribution in [0.3, 0.4) is 0 Å². The van der Waals surface area contributed by atoms with Crippen LogP contribution < -0.4 is 5.73 Å². The second-order valence-corrected chi connectivity index (χ2v) is 4.80. The summed E-state index contributed by atoms with van der Waals surface area (Å²) in [4.78, 5) is 8.47. The summed E-state index contributed by atoms with van der Waals surface area (Å²) in [5.74, 6) is 0.373. The fourth-order valence-corrected chi connectivity index (χ4v) is 2.03. The third-order valence-electron chi connectivity index (χ3n) is 3.31. The van der Waals surface area contributed by atoms with Crippen LogP contribution in [0.1, 0.15) is 28.6 Å². The van der Waals surface area contributed by atoms with Gasteiger partial charge in [0.05, 0.1) is 5.69 Å². The van der Waals surface area contributed by atoms with Crippen molar-refractivity contribution in [2.24, 2.45) is 5.73 Å². The van der Waals surface area contributed by atoms with Crippen molar-refractivity contribution in [1.82, 2.24) is 9.97 Å². The molecule has 2 rings (SSSR count). The Bertz CT molecular complexity index is 596. The van der Waals surface area contributed by atoms with Crippen molar-refractivity contribution >= 4 is 0 Å². The van der Waals surface area contributed by atoms with Crippen molar-refractivity contribution in [2.75, 3.05) is 6.54 Å². The number of nitrogens with zero attached hydrogens (tertiary/aromatic N) is 2. The van der Waals surface area contributed by atoms with Crippen LogP contribution in [0.5, 0.6) is 0 Å². The van der Waals surface area contributed by atoms with Gasteiger partial charge >= 0.3 is 0 Å². The van der Waals surface area contributed by atoms with Gasteiger partial charge in [-0.2, -0.15) is 0 Å². The molecule has 0 aliphatic rings. The lowest BCUT2D eigenvalue weighted by molar-refractivity contribution is 0.176. The molecule has 0 fully saturated rings. The molecular weight excluding hydrogens is 238 g/mol. The Morgan fingerprint density at radius 2 is 1.84 bits per heavy atom. The van der Waals surface area contributed by atoms with Gasteiger partial charge in [-0.05, 0) is 49.6 Å². The zero-order valence-corrected chi connectivity index (χ0v) is 11.5. The van der Waals surface area contributed by atoms with E-state index in [2.05, 4.69) is 42.9 Å². The summed E-state index contributed by atoms with van der Waals surface area (Å²) in [6, 6.07) is 6.11. The average molecular weight is 257 g/mol. The molecule has 2 aromatic rings. The molecule has 19 heavy (non-hydrogen) atoms. The van der Waals surface area contributed by atoms with Crippen LogP contribution in [-0.2, 0) is 0 Å². The van der Waals surface area contributed by atoms with Gasteiger partial charge in [0.15, 0.2) is 5.82 Å². The Labute approximate surface area is 113 Å². The van der Waals surface area contributed by atoms with Crippen LogP contribution in [0.4, 0.5) is 0 Å². The molecule has 0 amide bonds. The third-order valence-corrected chi connectivity index (χ3v) is 3.31. The Morgan fingerprint density at radius 1 is 1.16 bits per heavy atom. The zero-order valence-electron chi connectivity index (χ0n) is 11.5. The highest BCUT2D eigenvalue weighted by molar-refractivity contribution is 5.65. The maximum absolute atomic E-state index is 9.72. The summed E-state index contributed by atoms with van der Waals surface area (Å²) < 4.78 is 0. The number of benzene rings is 1. The summed E-state index contributed by atoms with van der Waals surface area (Å²) in [7, 11) is 0. The molecule has 1 atom stereocenters. The molecule has 0 spiro atoms. The van der Waals surface area contributed by atoms with E-state index in [1.165, 1.54) is 11.1 Å². The van der Waals surface area contributed by atoms with E-state index < -0.39 is 6.10 Å². The monoisotopic (exact) mass is 257 g/mol. The van der Waals surface area contributed by atoms with E-state index in [1.54, 1.807) is 6.20 Å². The highest BCUT2D eigenvalue weighted by Crippen LogP contribution is 2.25. The van der Waals surface area contributed by atoms with Crippen LogP contribution in [0.15, 0.2) is 24.4 Å². The lowest BCUT2D eigenvalue weighted by atomic mass is 9.98. The van der Waals surface area contributed by atoms with Gasteiger partial charge in [0.2, 0.25) is 0 Å². The molecule has 1 aromatic carbocycles. The SMILES string of the molecule is Cc1cc(C)c(-c2ccnc(C(O)CN)n2)cc1C. The molecule has 100 valence electrons. The number of aliphatic hydroxyl groups is 1. The standard InChI is InChI=1S/C15H19N3O/c1-9-6-11(3)12(7-10(9)2)13-4-5-17-15(18-13)14(19)8-16/h4-7,14,19H,8,16H2,1-3H3. The Hall–Kier alpha value is -1.78. The number of aryl methyl sites for hydroxylation is 3. The first-order valence-electron chi connectivity index (χ1n) is 6.32. The van der Waals surface area contributed by atoms with Gasteiger partial charge in [-0.15, -0.1) is 0 Å². The Morgan fingerprint density at radius 3 is 2.53 bits per heavy atom. The Kier molecular flexibility index (Phi) is 3.93. The summed E-state index contributed by atoms with van der Waals surface area (Å²) in [5.41, 5.74) is 11.0. The number of aliphatic hydroxyl groups excluding tert-OH is 1. The first-order chi connectivity index (χ1) is 9.02. The lowest BCUT2D eigenvalue weighted by Gasteiger charge is -2.11. The van der Waals surface area contributed by atoms with Crippen LogP contribution in [0.25, 0.3) is 11.3 Å². The van der Waals surface area contributed by atoms with Crippen LogP contribution in [0.2, 0.25) is 0 Å². The van der Waals surface area contributed by atoms with Gasteiger partial charge in [0.1, 0.15) is 6.10 Å². The lowest BCUT2D eigenvalue weighted by Crippen LogP contribution is -2.14. The van der Waals surface area contributed by atoms with Gasteiger partial charge < -0.3 is 10.8 Å². The molecule has 0 radical (unpaired) electrons. The first-order valence-corrected chi connectivity index (χ1v) is 6.32. The quantitative estimate of drug-likeness (QED) is 0.882. The van der Waals surface area contributed by atoms with Crippen LogP contribution in [0, 0.1) is 20.8 Å². The number of rotatable bonds is 3. The number of aromatic nitrogens is 2. The molecule has 1 heterocycles. The van der Waals surface area contributed by atoms with E-state index in [0.29, 0.717) is 5.82 Å². The van der Waals surface area contributed by atoms with E-state index >= 15 is 0 Å². The van der Waals surface area contributed by atoms with E-state index in [0.717, 1.165) is 16.8 Å². The van der Waals surface area contributed by atoms with Crippen molar-refractivity contribution in [3.05, 3.63) is 46.9 Å². The topological polar surface area (TPSA) is 72.0 Å². The molecular formula is C15H19N3O. The van der Waals surface area contributed by atoms with Gasteiger partial charge in [0, 0.05) is 18.3 Å². The summed E-state index contributed by atoms with van der Waals surface area (Å²) in [6.45, 7) is 6.35. The molecule has 0 saturated heterocycles. The van der Waals surface area contributed by atoms with Gasteiger partial charge in [0.25, 0.3) is 0 Å². The number of nitrogens with two attached hydrogens (primary N) is 1. The van der Waals surface area contributed by atoms with Gasteiger partial charge in [-0.3, -0.25) is 0 Å². The van der Waals surface area contributed by atoms with Crippen LogP contribution >= 0.6 is 0 Å². The van der Waals surface area contributed by atoms with Crippen molar-refractivity contribution in [3.8, 4) is 11.3 Å². The smallest absolute Gasteiger partial charge is 0.158 e. The van der Waals surface area contributed by atoms with Crippen molar-refractivity contribution in [2.45, 2.75) is 26.9 Å². The van der Waals surface area contributed by atoms with Gasteiger partial charge in [-0.1, -0.05) is 6.07 Å². The normalized spacial score (nSPS) is 12.5. The molecule has 0 saturated carbocycles. The molecule has 0 bridgehead atoms. The van der Waals surface area contributed by atoms with Crippen molar-refractivity contribution in [1.29, 1.82) is 0 Å². The fourth-order valence-electron chi connectivity index (χ4n) is 2.03. The third kappa shape index (κ3) is 2.80. The van der Waals surface area contributed by atoms with E-state index in [4.69, 9.17) is 5.73 Å². The molecule has 1 unspecified atom stereocenters. The summed E-state index contributed by atoms with van der Waals surface area (Å²) >= 11 is 0. The predicted molar refractivity (Wildman–Crippen MR) is 75.7 cm³/mol. The molecule has 0 aliphatic carbocycles. The number of hydrogen-bond acceptors (Lipinski definition) is 4. The largest absolute Gasteiger partial charge is 0.384 e. The Balaban J connectivity index is 2.50. The van der Waals surface area contributed by atoms with Crippen molar-refractivity contribution in [3.63, 3.8) is 0 Å². The number of hydrogen-bond donors (Lipinski definition) is 2. The van der Waals surface area contributed by atoms with E-state index in [-0.39, 0.29) is 6.54 Å². The minimum Gasteiger partial charge on any atom is -0.384 e. The highest BCUT2D eigenvalue weighted by Gasteiger charge is 2.11. The summed E-state index contributed by atoms with van der Waals surface area (Å²) in [6.07, 6.45) is 0.845. The van der Waals surface area contributed by atoms with E-state index in [9.17, 15) is 5.11 Å². The second-order valence-electron chi connectivity index (χ2n) is 4.80. The molecule has 1 aromatic heterocycles. The molecule has 3 N–H and O–H groups in total. The fraction of sp³-hybridized carbons (Fsp3) is 0.333. The minimum absolute atomic E-state index is 0.120. The maximum atomic E-state index is 9.72. The molecule has 0 aliphatic heterocycles. The second kappa shape index (κ2) is 5.47. The average Bonchev–Trinajstić information content (AvgIpc) is 2.42. The summed E-state index contributed by atoms with van der Waals surface area (Å²) in [5, 5.41) is 9.72. The van der Waals surface area contributed by atoms with Crippen molar-refractivity contribution < 1.29 is 5.11 Å². The minimum atomic E-state index is -0.813. The van der Waals surface area contributed by atoms with Crippen LogP contribution in [-0.4, -0.2) is 21.6 Å². The van der Waals surface area contributed by atoms with Gasteiger partial charge in [-0.25, -0.2) is 9.97 Å². The molecule has 4 heteroatoms. The maximum Gasteiger partial charge on any atom is 0.158 e. The zero-order chi connectivity index (χ0) is 14.0. The molecule has 4 nitrogen and oxygen atoms in total. The van der Waals surface area contributed by atoms with E-state index in [1.807, 2.05) is 6.07 Å². The predicted octanol–water partition coefficient (Wildman–Crippen LogP) is 2.06.